The average Bonchev–Trinajstić information content (AvgIpc) is 3.17. The standard InChI is InChI=1S/C22H24N4O2/c1-16-23-24-21(28-16)17-8-10-18(11-9-17)22(27)26(19-6-4-3-5-7-19)20-12-14-25(2)15-13-20/h3-11,20H,12-15H2,1-2H3. The minimum Gasteiger partial charge on any atom is -0.421 e. The van der Waals surface area contributed by atoms with Crippen LogP contribution in [0, 0.1) is 6.92 Å². The summed E-state index contributed by atoms with van der Waals surface area (Å²) in [6.07, 6.45) is 1.94. The lowest BCUT2D eigenvalue weighted by molar-refractivity contribution is 0.0963. The minimum absolute atomic E-state index is 0.0222. The Morgan fingerprint density at radius 3 is 2.32 bits per heavy atom. The molecule has 6 nitrogen and oxygen atoms in total. The topological polar surface area (TPSA) is 62.5 Å². The number of hydrogen-bond donors (Lipinski definition) is 0. The Balaban J connectivity index is 1.61. The number of nitrogens with zero attached hydrogens (tertiary/aromatic N) is 4. The van der Waals surface area contributed by atoms with Crippen LogP contribution in [0.2, 0.25) is 0 Å². The highest BCUT2D eigenvalue weighted by Gasteiger charge is 2.29. The Kier molecular flexibility index (Phi) is 5.21. The maximum Gasteiger partial charge on any atom is 0.258 e. The normalized spacial score (nSPS) is 15.5. The molecule has 1 aromatic heterocycles. The van der Waals surface area contributed by atoms with E-state index in [0.717, 1.165) is 37.2 Å². The summed E-state index contributed by atoms with van der Waals surface area (Å²) in [6.45, 7) is 3.75. The molecular formula is C22H24N4O2. The molecular weight excluding hydrogens is 352 g/mol. The lowest BCUT2D eigenvalue weighted by Gasteiger charge is -2.37. The number of rotatable bonds is 4. The Morgan fingerprint density at radius 1 is 1.04 bits per heavy atom. The fraction of sp³-hybridized carbons (Fsp3) is 0.318. The fourth-order valence-corrected chi connectivity index (χ4v) is 3.64. The van der Waals surface area contributed by atoms with Gasteiger partial charge in [-0.1, -0.05) is 18.2 Å². The van der Waals surface area contributed by atoms with Crippen LogP contribution in [0.3, 0.4) is 0 Å². The summed E-state index contributed by atoms with van der Waals surface area (Å²) in [7, 11) is 2.13. The molecule has 0 unspecified atom stereocenters. The van der Waals surface area contributed by atoms with E-state index in [9.17, 15) is 4.79 Å². The van der Waals surface area contributed by atoms with Crippen LogP contribution in [0.4, 0.5) is 5.69 Å². The smallest absolute Gasteiger partial charge is 0.258 e. The Labute approximate surface area is 164 Å². The van der Waals surface area contributed by atoms with E-state index in [1.54, 1.807) is 6.92 Å². The molecule has 2 aromatic carbocycles. The van der Waals surface area contributed by atoms with E-state index in [0.29, 0.717) is 17.3 Å². The second-order valence-electron chi connectivity index (χ2n) is 7.25. The molecule has 6 heteroatoms. The fourth-order valence-electron chi connectivity index (χ4n) is 3.64. The zero-order valence-electron chi connectivity index (χ0n) is 16.2. The number of aryl methyl sites for hydroxylation is 1. The highest BCUT2D eigenvalue weighted by Crippen LogP contribution is 2.26. The molecule has 144 valence electrons. The number of likely N-dealkylation sites (tertiary alicyclic amines) is 1. The predicted molar refractivity (Wildman–Crippen MR) is 108 cm³/mol. The average molecular weight is 376 g/mol. The molecule has 4 rings (SSSR count). The van der Waals surface area contributed by atoms with Crippen LogP contribution >= 0.6 is 0 Å². The molecule has 1 aliphatic rings. The van der Waals surface area contributed by atoms with Crippen molar-refractivity contribution in [2.24, 2.45) is 0 Å². The second kappa shape index (κ2) is 7.94. The van der Waals surface area contributed by atoms with Crippen molar-refractivity contribution >= 4 is 11.6 Å². The van der Waals surface area contributed by atoms with E-state index in [-0.39, 0.29) is 11.9 Å². The van der Waals surface area contributed by atoms with Gasteiger partial charge in [-0.05, 0) is 69.4 Å². The third kappa shape index (κ3) is 3.82. The number of carbonyl (C=O) groups excluding carboxylic acids is 1. The monoisotopic (exact) mass is 376 g/mol. The molecule has 3 aromatic rings. The summed E-state index contributed by atoms with van der Waals surface area (Å²) < 4.78 is 5.47. The molecule has 0 radical (unpaired) electrons. The summed E-state index contributed by atoms with van der Waals surface area (Å²) >= 11 is 0. The van der Waals surface area contributed by atoms with Crippen LogP contribution in [-0.4, -0.2) is 47.2 Å². The van der Waals surface area contributed by atoms with Crippen molar-refractivity contribution in [3.8, 4) is 11.5 Å². The van der Waals surface area contributed by atoms with Crippen LogP contribution in [0.5, 0.6) is 0 Å². The van der Waals surface area contributed by atoms with Crippen molar-refractivity contribution in [1.82, 2.24) is 15.1 Å². The van der Waals surface area contributed by atoms with Crippen molar-refractivity contribution < 1.29 is 9.21 Å². The van der Waals surface area contributed by atoms with E-state index in [2.05, 4.69) is 22.1 Å². The quantitative estimate of drug-likeness (QED) is 0.693. The molecule has 0 spiro atoms. The van der Waals surface area contributed by atoms with Crippen LogP contribution in [0.15, 0.2) is 59.0 Å². The van der Waals surface area contributed by atoms with Gasteiger partial charge in [-0.25, -0.2) is 0 Å². The third-order valence-corrected chi connectivity index (χ3v) is 5.21. The van der Waals surface area contributed by atoms with Gasteiger partial charge in [0.1, 0.15) is 0 Å². The first kappa shape index (κ1) is 18.4. The molecule has 28 heavy (non-hydrogen) atoms. The maximum atomic E-state index is 13.4. The van der Waals surface area contributed by atoms with Gasteiger partial charge in [-0.3, -0.25) is 4.79 Å². The molecule has 1 fully saturated rings. The first-order chi connectivity index (χ1) is 13.6. The first-order valence-corrected chi connectivity index (χ1v) is 9.59. The summed E-state index contributed by atoms with van der Waals surface area (Å²) in [6, 6.07) is 17.5. The van der Waals surface area contributed by atoms with Gasteiger partial charge < -0.3 is 14.2 Å². The second-order valence-corrected chi connectivity index (χ2v) is 7.25. The van der Waals surface area contributed by atoms with Gasteiger partial charge in [0.05, 0.1) is 0 Å². The van der Waals surface area contributed by atoms with Crippen molar-refractivity contribution in [2.45, 2.75) is 25.8 Å². The van der Waals surface area contributed by atoms with Crippen molar-refractivity contribution in [1.29, 1.82) is 0 Å². The molecule has 1 aliphatic heterocycles. The van der Waals surface area contributed by atoms with Crippen molar-refractivity contribution in [3.63, 3.8) is 0 Å². The van der Waals surface area contributed by atoms with Gasteiger partial charge in [0.25, 0.3) is 5.91 Å². The summed E-state index contributed by atoms with van der Waals surface area (Å²) in [5, 5.41) is 7.90. The van der Waals surface area contributed by atoms with Gasteiger partial charge in [0.2, 0.25) is 11.8 Å². The molecule has 2 heterocycles. The molecule has 0 bridgehead atoms. The van der Waals surface area contributed by atoms with Crippen molar-refractivity contribution in [3.05, 3.63) is 66.1 Å². The molecule has 1 saturated heterocycles. The number of aromatic nitrogens is 2. The number of piperidine rings is 1. The predicted octanol–water partition coefficient (Wildman–Crippen LogP) is 3.79. The number of hydrogen-bond acceptors (Lipinski definition) is 5. The highest BCUT2D eigenvalue weighted by atomic mass is 16.4. The zero-order chi connectivity index (χ0) is 19.5. The van der Waals surface area contributed by atoms with Crippen LogP contribution in [0.1, 0.15) is 29.1 Å². The van der Waals surface area contributed by atoms with E-state index in [1.165, 1.54) is 0 Å². The number of amides is 1. The van der Waals surface area contributed by atoms with Gasteiger partial charge in [-0.2, -0.15) is 0 Å². The lowest BCUT2D eigenvalue weighted by atomic mass is 10.0. The Bertz CT molecular complexity index is 929. The van der Waals surface area contributed by atoms with E-state index < -0.39 is 0 Å². The van der Waals surface area contributed by atoms with Gasteiger partial charge in [0, 0.05) is 29.8 Å². The van der Waals surface area contributed by atoms with E-state index in [4.69, 9.17) is 4.42 Å². The molecule has 0 aliphatic carbocycles. The van der Waals surface area contributed by atoms with Gasteiger partial charge in [0.15, 0.2) is 0 Å². The summed E-state index contributed by atoms with van der Waals surface area (Å²) in [5.74, 6) is 1.01. The Hall–Kier alpha value is -2.99. The molecule has 0 saturated carbocycles. The highest BCUT2D eigenvalue weighted by molar-refractivity contribution is 6.06. The first-order valence-electron chi connectivity index (χ1n) is 9.59. The summed E-state index contributed by atoms with van der Waals surface area (Å²) in [5.41, 5.74) is 2.41. The number of benzene rings is 2. The zero-order valence-corrected chi connectivity index (χ0v) is 16.2. The minimum atomic E-state index is 0.0222. The lowest BCUT2D eigenvalue weighted by Crippen LogP contribution is -2.46. The number of anilines is 1. The molecule has 1 amide bonds. The maximum absolute atomic E-state index is 13.4. The largest absolute Gasteiger partial charge is 0.421 e. The third-order valence-electron chi connectivity index (χ3n) is 5.21. The van der Waals surface area contributed by atoms with Crippen LogP contribution < -0.4 is 4.90 Å². The van der Waals surface area contributed by atoms with E-state index in [1.807, 2.05) is 59.5 Å². The van der Waals surface area contributed by atoms with E-state index >= 15 is 0 Å². The van der Waals surface area contributed by atoms with Gasteiger partial charge >= 0.3 is 0 Å². The van der Waals surface area contributed by atoms with Crippen molar-refractivity contribution in [2.75, 3.05) is 25.0 Å². The molecule has 0 N–H and O–H groups in total. The van der Waals surface area contributed by atoms with Crippen LogP contribution in [-0.2, 0) is 0 Å². The van der Waals surface area contributed by atoms with Crippen LogP contribution in [0.25, 0.3) is 11.5 Å². The van der Waals surface area contributed by atoms with Gasteiger partial charge in [-0.15, -0.1) is 10.2 Å². The number of para-hydroxylation sites is 1. The summed E-state index contributed by atoms with van der Waals surface area (Å²) in [4.78, 5) is 17.7. The number of carbonyl (C=O) groups is 1. The Morgan fingerprint density at radius 2 is 1.71 bits per heavy atom. The molecule has 0 atom stereocenters. The SMILES string of the molecule is Cc1nnc(-c2ccc(C(=O)N(c3ccccc3)C3CCN(C)CC3)cc2)o1.